The summed E-state index contributed by atoms with van der Waals surface area (Å²) >= 11 is 0. The van der Waals surface area contributed by atoms with Crippen molar-refractivity contribution in [3.05, 3.63) is 76.9 Å². The molecule has 1 atom stereocenters. The van der Waals surface area contributed by atoms with E-state index in [-0.39, 0.29) is 28.3 Å². The lowest BCUT2D eigenvalue weighted by atomic mass is 10.0. The van der Waals surface area contributed by atoms with Crippen molar-refractivity contribution in [2.45, 2.75) is 24.9 Å². The molecule has 0 bridgehead atoms. The molecule has 0 aliphatic heterocycles. The number of aryl methyl sites for hydroxylation is 2. The molecule has 3 aromatic rings. The SMILES string of the molecule is Cc1cc(C(=O)Nc2cccc(S(C)=O)c2)c(Oc2ccc(F)nc2C)cc1C(F)(F)F. The maximum absolute atomic E-state index is 13.5. The summed E-state index contributed by atoms with van der Waals surface area (Å²) in [4.78, 5) is 17.0. The first-order chi connectivity index (χ1) is 15.0. The molecule has 1 heterocycles. The quantitative estimate of drug-likeness (QED) is 0.390. The molecule has 0 radical (unpaired) electrons. The third-order valence-corrected chi connectivity index (χ3v) is 5.44. The number of hydrogen-bond donors (Lipinski definition) is 1. The Kier molecular flexibility index (Phi) is 6.63. The number of halogens is 4. The van der Waals surface area contributed by atoms with Crippen molar-refractivity contribution in [1.82, 2.24) is 4.98 Å². The van der Waals surface area contributed by atoms with Crippen molar-refractivity contribution in [2.24, 2.45) is 0 Å². The van der Waals surface area contributed by atoms with Gasteiger partial charge >= 0.3 is 6.18 Å². The Morgan fingerprint density at radius 1 is 1.06 bits per heavy atom. The molecule has 0 aliphatic carbocycles. The summed E-state index contributed by atoms with van der Waals surface area (Å²) in [6.45, 7) is 2.66. The van der Waals surface area contributed by atoms with Gasteiger partial charge in [0.05, 0.1) is 16.8 Å². The van der Waals surface area contributed by atoms with Gasteiger partial charge in [-0.1, -0.05) is 6.07 Å². The maximum atomic E-state index is 13.5. The van der Waals surface area contributed by atoms with Crippen molar-refractivity contribution in [3.8, 4) is 11.5 Å². The van der Waals surface area contributed by atoms with Gasteiger partial charge in [-0.05, 0) is 61.9 Å². The largest absolute Gasteiger partial charge is 0.455 e. The number of pyridine rings is 1. The van der Waals surface area contributed by atoms with Crippen molar-refractivity contribution in [1.29, 1.82) is 0 Å². The third kappa shape index (κ3) is 5.31. The van der Waals surface area contributed by atoms with Crippen molar-refractivity contribution < 1.29 is 31.3 Å². The zero-order valence-corrected chi connectivity index (χ0v) is 18.0. The zero-order chi connectivity index (χ0) is 23.6. The van der Waals surface area contributed by atoms with E-state index in [1.807, 2.05) is 0 Å². The summed E-state index contributed by atoms with van der Waals surface area (Å²) in [5, 5.41) is 2.58. The minimum absolute atomic E-state index is 0.000745. The minimum Gasteiger partial charge on any atom is -0.455 e. The van der Waals surface area contributed by atoms with Gasteiger partial charge in [-0.25, -0.2) is 4.98 Å². The Balaban J connectivity index is 2.05. The van der Waals surface area contributed by atoms with Gasteiger partial charge in [0.15, 0.2) is 0 Å². The molecule has 0 fully saturated rings. The van der Waals surface area contributed by atoms with Crippen LogP contribution in [0.1, 0.15) is 27.2 Å². The lowest BCUT2D eigenvalue weighted by molar-refractivity contribution is -0.138. The third-order valence-electron chi connectivity index (χ3n) is 4.52. The summed E-state index contributed by atoms with van der Waals surface area (Å²) in [5.41, 5.74) is -0.899. The van der Waals surface area contributed by atoms with Crippen LogP contribution in [-0.4, -0.2) is 21.4 Å². The van der Waals surface area contributed by atoms with Crippen molar-refractivity contribution >= 4 is 22.4 Å². The van der Waals surface area contributed by atoms with Crippen LogP contribution in [0.25, 0.3) is 0 Å². The van der Waals surface area contributed by atoms with Gasteiger partial charge in [0.2, 0.25) is 5.95 Å². The Labute approximate surface area is 183 Å². The maximum Gasteiger partial charge on any atom is 0.416 e. The normalized spacial score (nSPS) is 12.3. The first-order valence-corrected chi connectivity index (χ1v) is 10.8. The molecule has 0 saturated heterocycles. The van der Waals surface area contributed by atoms with E-state index in [2.05, 4.69) is 10.3 Å². The second-order valence-corrected chi connectivity index (χ2v) is 8.30. The van der Waals surface area contributed by atoms with Gasteiger partial charge in [0.25, 0.3) is 5.91 Å². The standard InChI is InChI=1S/C22H18F4N2O3S/c1-12-9-16(21(29)28-14-5-4-6-15(10-14)32(3)30)19(11-17(12)22(24,25)26)31-18-7-8-20(23)27-13(18)2/h4-11H,1-3H3,(H,28,29). The molecule has 32 heavy (non-hydrogen) atoms. The number of carbonyl (C=O) groups is 1. The van der Waals surface area contributed by atoms with Crippen LogP contribution in [0.4, 0.5) is 23.2 Å². The van der Waals surface area contributed by atoms with Gasteiger partial charge in [0, 0.05) is 27.6 Å². The van der Waals surface area contributed by atoms with E-state index in [4.69, 9.17) is 4.74 Å². The van der Waals surface area contributed by atoms with E-state index < -0.39 is 34.4 Å². The van der Waals surface area contributed by atoms with Gasteiger partial charge in [0.1, 0.15) is 11.5 Å². The van der Waals surface area contributed by atoms with Gasteiger partial charge in [-0.3, -0.25) is 9.00 Å². The number of nitrogens with zero attached hydrogens (tertiary/aromatic N) is 1. The smallest absolute Gasteiger partial charge is 0.416 e. The molecule has 0 spiro atoms. The van der Waals surface area contributed by atoms with Crippen LogP contribution in [0.15, 0.2) is 53.4 Å². The topological polar surface area (TPSA) is 68.3 Å². The van der Waals surface area contributed by atoms with Crippen LogP contribution < -0.4 is 10.1 Å². The van der Waals surface area contributed by atoms with Crippen LogP contribution in [0, 0.1) is 19.8 Å². The number of rotatable bonds is 5. The van der Waals surface area contributed by atoms with Crippen LogP contribution in [0.2, 0.25) is 0 Å². The summed E-state index contributed by atoms with van der Waals surface area (Å²) in [5.74, 6) is -1.88. The number of nitrogens with one attached hydrogen (secondary N) is 1. The predicted octanol–water partition coefficient (Wildman–Crippen LogP) is 5.64. The number of hydrogen-bond acceptors (Lipinski definition) is 4. The molecule has 2 aromatic carbocycles. The average molecular weight is 466 g/mol. The van der Waals surface area contributed by atoms with Crippen LogP contribution in [-0.2, 0) is 17.0 Å². The molecule has 1 N–H and O–H groups in total. The first-order valence-electron chi connectivity index (χ1n) is 9.23. The Bertz CT molecular complexity index is 1210. The fourth-order valence-electron chi connectivity index (χ4n) is 2.95. The molecule has 0 aliphatic rings. The monoisotopic (exact) mass is 466 g/mol. The van der Waals surface area contributed by atoms with E-state index in [0.717, 1.165) is 18.2 Å². The fraction of sp³-hybridized carbons (Fsp3) is 0.182. The average Bonchev–Trinajstić information content (AvgIpc) is 2.70. The molecule has 5 nitrogen and oxygen atoms in total. The highest BCUT2D eigenvalue weighted by molar-refractivity contribution is 7.84. The molecule has 1 unspecified atom stereocenters. The Hall–Kier alpha value is -3.27. The molecule has 1 amide bonds. The van der Waals surface area contributed by atoms with E-state index in [1.165, 1.54) is 32.2 Å². The first kappa shape index (κ1) is 23.4. The minimum atomic E-state index is -4.67. The Morgan fingerprint density at radius 2 is 1.78 bits per heavy atom. The van der Waals surface area contributed by atoms with E-state index in [0.29, 0.717) is 10.6 Å². The number of carbonyl (C=O) groups excluding carboxylic acids is 1. The molecule has 3 rings (SSSR count). The Morgan fingerprint density at radius 3 is 2.41 bits per heavy atom. The van der Waals surface area contributed by atoms with Gasteiger partial charge in [-0.15, -0.1) is 0 Å². The highest BCUT2D eigenvalue weighted by Gasteiger charge is 2.34. The van der Waals surface area contributed by atoms with Crippen LogP contribution in [0.3, 0.4) is 0 Å². The van der Waals surface area contributed by atoms with Crippen LogP contribution in [0.5, 0.6) is 11.5 Å². The van der Waals surface area contributed by atoms with Crippen molar-refractivity contribution in [3.63, 3.8) is 0 Å². The van der Waals surface area contributed by atoms with Crippen molar-refractivity contribution in [2.75, 3.05) is 11.6 Å². The number of anilines is 1. The van der Waals surface area contributed by atoms with Gasteiger partial charge < -0.3 is 10.1 Å². The van der Waals surface area contributed by atoms with Crippen LogP contribution >= 0.6 is 0 Å². The summed E-state index contributed by atoms with van der Waals surface area (Å²) < 4.78 is 70.9. The summed E-state index contributed by atoms with van der Waals surface area (Å²) in [6, 6.07) is 10.3. The molecule has 10 heteroatoms. The fourth-order valence-corrected chi connectivity index (χ4v) is 3.51. The second-order valence-electron chi connectivity index (χ2n) is 6.92. The highest BCUT2D eigenvalue weighted by Crippen LogP contribution is 2.38. The molecule has 1 aromatic heterocycles. The number of alkyl halides is 3. The molecular weight excluding hydrogens is 448 g/mol. The lowest BCUT2D eigenvalue weighted by Gasteiger charge is -2.17. The second kappa shape index (κ2) is 9.07. The lowest BCUT2D eigenvalue weighted by Crippen LogP contribution is -2.16. The van der Waals surface area contributed by atoms with Gasteiger partial charge in [-0.2, -0.15) is 17.6 Å². The number of amides is 1. The zero-order valence-electron chi connectivity index (χ0n) is 17.2. The number of ether oxygens (including phenoxy) is 1. The molecule has 168 valence electrons. The summed E-state index contributed by atoms with van der Waals surface area (Å²) in [6.07, 6.45) is -3.20. The number of aromatic nitrogens is 1. The van der Waals surface area contributed by atoms with E-state index in [1.54, 1.807) is 18.2 Å². The summed E-state index contributed by atoms with van der Waals surface area (Å²) in [7, 11) is -1.29. The van der Waals surface area contributed by atoms with E-state index >= 15 is 0 Å². The van der Waals surface area contributed by atoms with E-state index in [9.17, 15) is 26.6 Å². The predicted molar refractivity (Wildman–Crippen MR) is 112 cm³/mol. The molecule has 0 saturated carbocycles. The highest BCUT2D eigenvalue weighted by atomic mass is 32.2. The molecular formula is C22H18F4N2O3S. The number of benzene rings is 2.